The lowest BCUT2D eigenvalue weighted by Crippen LogP contribution is -2.16. The molecule has 0 spiro atoms. The molecule has 0 saturated heterocycles. The fourth-order valence-corrected chi connectivity index (χ4v) is 3.53. The minimum Gasteiger partial charge on any atom is -0.224 e. The molecule has 0 aliphatic rings. The lowest BCUT2D eigenvalue weighted by atomic mass is 10.2. The van der Waals surface area contributed by atoms with Crippen LogP contribution in [0.25, 0.3) is 0 Å². The highest BCUT2D eigenvalue weighted by molar-refractivity contribution is 7.91. The molecular formula is C12H17ClO2S. The van der Waals surface area contributed by atoms with Crippen molar-refractivity contribution in [2.75, 3.05) is 5.75 Å². The Morgan fingerprint density at radius 3 is 2.44 bits per heavy atom. The summed E-state index contributed by atoms with van der Waals surface area (Å²) >= 11 is 6.01. The highest BCUT2D eigenvalue weighted by Gasteiger charge is 2.18. The first-order valence-corrected chi connectivity index (χ1v) is 7.57. The van der Waals surface area contributed by atoms with Gasteiger partial charge in [0.25, 0.3) is 0 Å². The molecule has 0 radical (unpaired) electrons. The molecule has 0 bridgehead atoms. The van der Waals surface area contributed by atoms with Gasteiger partial charge in [-0.2, -0.15) is 0 Å². The Kier molecular flexibility index (Phi) is 5.29. The van der Waals surface area contributed by atoms with Crippen LogP contribution in [0.1, 0.15) is 26.2 Å². The Morgan fingerprint density at radius 2 is 1.88 bits per heavy atom. The molecule has 2 nitrogen and oxygen atoms in total. The maximum atomic E-state index is 11.9. The molecule has 0 aromatic heterocycles. The fourth-order valence-electron chi connectivity index (χ4n) is 1.47. The van der Waals surface area contributed by atoms with Crippen LogP contribution in [-0.4, -0.2) is 19.5 Å². The quantitative estimate of drug-likeness (QED) is 0.736. The molecule has 0 N–H and O–H groups in total. The Bertz CT molecular complexity index is 400. The maximum absolute atomic E-state index is 11.9. The van der Waals surface area contributed by atoms with Gasteiger partial charge in [-0.05, 0) is 18.6 Å². The molecule has 0 saturated carbocycles. The van der Waals surface area contributed by atoms with E-state index in [-0.39, 0.29) is 11.1 Å². The zero-order valence-corrected chi connectivity index (χ0v) is 11.0. The van der Waals surface area contributed by atoms with E-state index in [0.717, 1.165) is 19.3 Å². The van der Waals surface area contributed by atoms with E-state index in [4.69, 9.17) is 11.6 Å². The highest BCUT2D eigenvalue weighted by Crippen LogP contribution is 2.16. The fraction of sp³-hybridized carbons (Fsp3) is 0.500. The van der Waals surface area contributed by atoms with Crippen LogP contribution in [0, 0.1) is 0 Å². The minimum atomic E-state index is -3.22. The van der Waals surface area contributed by atoms with Crippen molar-refractivity contribution in [3.63, 3.8) is 0 Å². The van der Waals surface area contributed by atoms with Crippen LogP contribution in [-0.2, 0) is 9.84 Å². The predicted octanol–water partition coefficient (Wildman–Crippen LogP) is 3.26. The maximum Gasteiger partial charge on any atom is 0.179 e. The van der Waals surface area contributed by atoms with Crippen LogP contribution < -0.4 is 0 Å². The van der Waals surface area contributed by atoms with Crippen molar-refractivity contribution >= 4 is 21.4 Å². The molecule has 90 valence electrons. The van der Waals surface area contributed by atoms with Crippen LogP contribution in [0.5, 0.6) is 0 Å². The average molecular weight is 261 g/mol. The molecule has 16 heavy (non-hydrogen) atoms. The summed E-state index contributed by atoms with van der Waals surface area (Å²) in [6, 6.07) is 8.47. The molecule has 1 unspecified atom stereocenters. The molecule has 0 aliphatic carbocycles. The second kappa shape index (κ2) is 6.26. The lowest BCUT2D eigenvalue weighted by Gasteiger charge is -2.09. The van der Waals surface area contributed by atoms with E-state index >= 15 is 0 Å². The van der Waals surface area contributed by atoms with Gasteiger partial charge in [0.05, 0.1) is 10.6 Å². The van der Waals surface area contributed by atoms with Gasteiger partial charge in [0, 0.05) is 5.38 Å². The van der Waals surface area contributed by atoms with Crippen LogP contribution in [0.15, 0.2) is 35.2 Å². The van der Waals surface area contributed by atoms with E-state index in [9.17, 15) is 8.42 Å². The van der Waals surface area contributed by atoms with E-state index < -0.39 is 9.84 Å². The van der Waals surface area contributed by atoms with Gasteiger partial charge in [-0.25, -0.2) is 8.42 Å². The molecule has 4 heteroatoms. The largest absolute Gasteiger partial charge is 0.224 e. The number of halogens is 1. The number of alkyl halides is 1. The third kappa shape index (κ3) is 4.14. The summed E-state index contributed by atoms with van der Waals surface area (Å²) in [5.74, 6) is 0.0264. The number of sulfone groups is 1. The average Bonchev–Trinajstić information content (AvgIpc) is 2.27. The summed E-state index contributed by atoms with van der Waals surface area (Å²) in [5, 5.41) is -0.287. The van der Waals surface area contributed by atoms with Gasteiger partial charge in [-0.1, -0.05) is 38.0 Å². The number of unbranched alkanes of at least 4 members (excludes halogenated alkanes) is 1. The minimum absolute atomic E-state index is 0.0264. The van der Waals surface area contributed by atoms with Gasteiger partial charge in [0.1, 0.15) is 0 Å². The molecule has 0 aliphatic heterocycles. The standard InChI is InChI=1S/C12H17ClO2S/c1-2-3-7-11(13)10-16(14,15)12-8-5-4-6-9-12/h4-6,8-9,11H,2-3,7,10H2,1H3. The molecule has 1 aromatic rings. The van der Waals surface area contributed by atoms with Crippen LogP contribution in [0.3, 0.4) is 0 Å². The lowest BCUT2D eigenvalue weighted by molar-refractivity contribution is 0.590. The van der Waals surface area contributed by atoms with Gasteiger partial charge in [-0.15, -0.1) is 11.6 Å². The third-order valence-electron chi connectivity index (χ3n) is 2.37. The summed E-state index contributed by atoms with van der Waals surface area (Å²) in [5.41, 5.74) is 0. The molecule has 0 amide bonds. The Balaban J connectivity index is 2.66. The van der Waals surface area contributed by atoms with Crippen LogP contribution in [0.2, 0.25) is 0 Å². The topological polar surface area (TPSA) is 34.1 Å². The SMILES string of the molecule is CCCCC(Cl)CS(=O)(=O)c1ccccc1. The van der Waals surface area contributed by atoms with Crippen LogP contribution in [0.4, 0.5) is 0 Å². The molecule has 1 rings (SSSR count). The molecular weight excluding hydrogens is 244 g/mol. The van der Waals surface area contributed by atoms with Crippen molar-refractivity contribution in [1.29, 1.82) is 0 Å². The van der Waals surface area contributed by atoms with Crippen LogP contribution >= 0.6 is 11.6 Å². The Morgan fingerprint density at radius 1 is 1.25 bits per heavy atom. The first-order valence-electron chi connectivity index (χ1n) is 5.48. The van der Waals surface area contributed by atoms with Gasteiger partial charge < -0.3 is 0 Å². The molecule has 0 heterocycles. The zero-order valence-electron chi connectivity index (χ0n) is 9.40. The molecule has 1 atom stereocenters. The second-order valence-electron chi connectivity index (χ2n) is 3.83. The summed E-state index contributed by atoms with van der Waals surface area (Å²) in [6.45, 7) is 2.06. The normalized spacial score (nSPS) is 13.6. The van der Waals surface area contributed by atoms with Crippen molar-refractivity contribution in [3.05, 3.63) is 30.3 Å². The predicted molar refractivity (Wildman–Crippen MR) is 67.7 cm³/mol. The van der Waals surface area contributed by atoms with E-state index in [1.807, 2.05) is 0 Å². The van der Waals surface area contributed by atoms with Crippen molar-refractivity contribution < 1.29 is 8.42 Å². The van der Waals surface area contributed by atoms with E-state index in [1.54, 1.807) is 30.3 Å². The third-order valence-corrected chi connectivity index (χ3v) is 4.76. The summed E-state index contributed by atoms with van der Waals surface area (Å²) in [6.07, 6.45) is 2.76. The van der Waals surface area contributed by atoms with Crippen molar-refractivity contribution in [1.82, 2.24) is 0 Å². The Labute approximate surface area is 103 Å². The molecule has 0 fully saturated rings. The number of hydrogen-bond acceptors (Lipinski definition) is 2. The summed E-state index contributed by atoms with van der Waals surface area (Å²) < 4.78 is 23.8. The van der Waals surface area contributed by atoms with Crippen molar-refractivity contribution in [2.45, 2.75) is 36.5 Å². The van der Waals surface area contributed by atoms with Gasteiger partial charge in [-0.3, -0.25) is 0 Å². The van der Waals surface area contributed by atoms with E-state index in [0.29, 0.717) is 4.90 Å². The summed E-state index contributed by atoms with van der Waals surface area (Å²) in [4.78, 5) is 0.358. The number of rotatable bonds is 6. The summed E-state index contributed by atoms with van der Waals surface area (Å²) in [7, 11) is -3.22. The van der Waals surface area contributed by atoms with Gasteiger partial charge in [0.2, 0.25) is 0 Å². The van der Waals surface area contributed by atoms with E-state index in [2.05, 4.69) is 6.92 Å². The highest BCUT2D eigenvalue weighted by atomic mass is 35.5. The van der Waals surface area contributed by atoms with Gasteiger partial charge >= 0.3 is 0 Å². The number of hydrogen-bond donors (Lipinski definition) is 0. The first-order chi connectivity index (χ1) is 7.56. The zero-order chi connectivity index (χ0) is 12.0. The van der Waals surface area contributed by atoms with Crippen molar-refractivity contribution in [2.24, 2.45) is 0 Å². The molecule has 1 aromatic carbocycles. The number of benzene rings is 1. The second-order valence-corrected chi connectivity index (χ2v) is 6.49. The van der Waals surface area contributed by atoms with Crippen molar-refractivity contribution in [3.8, 4) is 0 Å². The van der Waals surface area contributed by atoms with Gasteiger partial charge in [0.15, 0.2) is 9.84 Å². The first kappa shape index (κ1) is 13.5. The monoisotopic (exact) mass is 260 g/mol. The Hall–Kier alpha value is -0.540. The van der Waals surface area contributed by atoms with E-state index in [1.165, 1.54) is 0 Å². The smallest absolute Gasteiger partial charge is 0.179 e.